The molecular weight excluding hydrogens is 188 g/mol. The molecule has 0 spiro atoms. The third-order valence-corrected chi connectivity index (χ3v) is 2.11. The van der Waals surface area contributed by atoms with Crippen LogP contribution in [0.15, 0.2) is 47.8 Å². The Balaban J connectivity index is 2.63. The second kappa shape index (κ2) is 3.92. The second-order valence-electron chi connectivity index (χ2n) is 3.11. The van der Waals surface area contributed by atoms with E-state index in [0.717, 1.165) is 16.8 Å². The van der Waals surface area contributed by atoms with Gasteiger partial charge < -0.3 is 0 Å². The average Bonchev–Trinajstić information content (AvgIpc) is 2.30. The summed E-state index contributed by atoms with van der Waals surface area (Å²) in [6.07, 6.45) is 1.63. The fourth-order valence-corrected chi connectivity index (χ4v) is 1.40. The van der Waals surface area contributed by atoms with Crippen molar-refractivity contribution in [3.8, 4) is 11.3 Å². The maximum absolute atomic E-state index is 11.1. The van der Waals surface area contributed by atoms with Crippen molar-refractivity contribution in [1.29, 1.82) is 0 Å². The molecule has 1 aromatic carbocycles. The van der Waals surface area contributed by atoms with E-state index in [9.17, 15) is 4.79 Å². The smallest absolute Gasteiger partial charge is 0.264 e. The van der Waals surface area contributed by atoms with Crippen molar-refractivity contribution in [3.63, 3.8) is 0 Å². The summed E-state index contributed by atoms with van der Waals surface area (Å²) >= 11 is 0. The van der Waals surface area contributed by atoms with Crippen LogP contribution in [0.3, 0.4) is 0 Å². The van der Waals surface area contributed by atoms with Gasteiger partial charge in [0.2, 0.25) is 0 Å². The lowest BCUT2D eigenvalue weighted by Gasteiger charge is -2.02. The molecule has 0 unspecified atom stereocenters. The van der Waals surface area contributed by atoms with Gasteiger partial charge in [0.1, 0.15) is 0 Å². The van der Waals surface area contributed by atoms with E-state index in [1.54, 1.807) is 6.08 Å². The molecule has 0 fully saturated rings. The summed E-state index contributed by atoms with van der Waals surface area (Å²) in [4.78, 5) is 11.1. The molecule has 0 amide bonds. The van der Waals surface area contributed by atoms with E-state index in [1.807, 2.05) is 30.3 Å². The summed E-state index contributed by atoms with van der Waals surface area (Å²) < 4.78 is 0. The first-order valence-corrected chi connectivity index (χ1v) is 4.59. The first kappa shape index (κ1) is 9.40. The van der Waals surface area contributed by atoms with Crippen molar-refractivity contribution in [1.82, 2.24) is 10.2 Å². The van der Waals surface area contributed by atoms with Crippen LogP contribution >= 0.6 is 0 Å². The highest BCUT2D eigenvalue weighted by Crippen LogP contribution is 2.19. The third kappa shape index (κ3) is 1.86. The van der Waals surface area contributed by atoms with Gasteiger partial charge in [0.15, 0.2) is 0 Å². The van der Waals surface area contributed by atoms with E-state index >= 15 is 0 Å². The Morgan fingerprint density at radius 2 is 2.00 bits per heavy atom. The predicted octanol–water partition coefficient (Wildman–Crippen LogP) is 2.08. The first-order chi connectivity index (χ1) is 7.31. The molecule has 0 atom stereocenters. The molecule has 1 aromatic heterocycles. The zero-order valence-electron chi connectivity index (χ0n) is 8.10. The number of rotatable bonds is 2. The van der Waals surface area contributed by atoms with Crippen molar-refractivity contribution in [3.05, 3.63) is 58.9 Å². The molecule has 0 saturated carbocycles. The monoisotopic (exact) mass is 198 g/mol. The minimum atomic E-state index is -0.218. The number of aromatic amines is 1. The summed E-state index contributed by atoms with van der Waals surface area (Å²) in [6, 6.07) is 11.1. The van der Waals surface area contributed by atoms with E-state index in [2.05, 4.69) is 16.8 Å². The molecule has 74 valence electrons. The Morgan fingerprint density at radius 1 is 1.27 bits per heavy atom. The fourth-order valence-electron chi connectivity index (χ4n) is 1.40. The molecule has 0 aliphatic rings. The number of aromatic nitrogens is 2. The van der Waals surface area contributed by atoms with Crippen LogP contribution in [0.1, 0.15) is 5.56 Å². The molecule has 2 rings (SSSR count). The van der Waals surface area contributed by atoms with E-state index < -0.39 is 0 Å². The molecule has 1 heterocycles. The van der Waals surface area contributed by atoms with Gasteiger partial charge in [-0.2, -0.15) is 5.10 Å². The minimum absolute atomic E-state index is 0.218. The predicted molar refractivity (Wildman–Crippen MR) is 60.4 cm³/mol. The zero-order chi connectivity index (χ0) is 10.7. The molecular formula is C12H10N2O. The maximum Gasteiger partial charge on any atom is 0.264 e. The lowest BCUT2D eigenvalue weighted by molar-refractivity contribution is 0.992. The van der Waals surface area contributed by atoms with Crippen LogP contribution in [-0.4, -0.2) is 10.2 Å². The number of H-pyrrole nitrogens is 1. The van der Waals surface area contributed by atoms with Crippen LogP contribution in [0.5, 0.6) is 0 Å². The molecule has 0 bridgehead atoms. The number of benzene rings is 1. The van der Waals surface area contributed by atoms with Gasteiger partial charge >= 0.3 is 0 Å². The first-order valence-electron chi connectivity index (χ1n) is 4.59. The largest absolute Gasteiger partial charge is 0.268 e. The van der Waals surface area contributed by atoms with Gasteiger partial charge in [-0.05, 0) is 0 Å². The Labute approximate surface area is 87.1 Å². The Hall–Kier alpha value is -2.16. The van der Waals surface area contributed by atoms with Gasteiger partial charge in [0.05, 0.1) is 5.69 Å². The molecule has 3 heteroatoms. The summed E-state index contributed by atoms with van der Waals surface area (Å²) in [5.41, 5.74) is 2.23. The Morgan fingerprint density at radius 3 is 2.67 bits per heavy atom. The highest BCUT2D eigenvalue weighted by atomic mass is 16.1. The summed E-state index contributed by atoms with van der Waals surface area (Å²) in [5.74, 6) is 0. The number of nitrogens with one attached hydrogen (secondary N) is 1. The van der Waals surface area contributed by atoms with E-state index in [-0.39, 0.29) is 5.56 Å². The van der Waals surface area contributed by atoms with Crippen molar-refractivity contribution >= 4 is 6.08 Å². The van der Waals surface area contributed by atoms with Crippen LogP contribution in [0.4, 0.5) is 0 Å². The summed E-state index contributed by atoms with van der Waals surface area (Å²) in [5, 5.41) is 6.43. The molecule has 0 radical (unpaired) electrons. The lowest BCUT2D eigenvalue weighted by Crippen LogP contribution is -2.08. The van der Waals surface area contributed by atoms with E-state index in [1.165, 1.54) is 6.07 Å². The normalized spacial score (nSPS) is 9.87. The van der Waals surface area contributed by atoms with Gasteiger partial charge in [-0.15, -0.1) is 0 Å². The standard InChI is InChI=1S/C12H10N2O/c1-2-9-8-11(15)13-14-12(9)10-6-4-3-5-7-10/h2-8H,1H2,(H,13,15). The fraction of sp³-hybridized carbons (Fsp3) is 0. The molecule has 0 aliphatic heterocycles. The topological polar surface area (TPSA) is 45.8 Å². The second-order valence-corrected chi connectivity index (χ2v) is 3.11. The third-order valence-electron chi connectivity index (χ3n) is 2.11. The van der Waals surface area contributed by atoms with Crippen molar-refractivity contribution < 1.29 is 0 Å². The van der Waals surface area contributed by atoms with Gasteiger partial charge in [-0.1, -0.05) is 43.0 Å². The van der Waals surface area contributed by atoms with Crippen LogP contribution in [0.2, 0.25) is 0 Å². The minimum Gasteiger partial charge on any atom is -0.268 e. The van der Waals surface area contributed by atoms with Crippen molar-refractivity contribution in [2.75, 3.05) is 0 Å². The van der Waals surface area contributed by atoms with Crippen molar-refractivity contribution in [2.45, 2.75) is 0 Å². The van der Waals surface area contributed by atoms with Crippen LogP contribution in [-0.2, 0) is 0 Å². The summed E-state index contributed by atoms with van der Waals surface area (Å²) in [6.45, 7) is 3.67. The number of hydrogen-bond acceptors (Lipinski definition) is 2. The number of nitrogens with zero attached hydrogens (tertiary/aromatic N) is 1. The molecule has 0 saturated heterocycles. The number of hydrogen-bond donors (Lipinski definition) is 1. The highest BCUT2D eigenvalue weighted by molar-refractivity contribution is 5.70. The molecule has 0 aliphatic carbocycles. The molecule has 1 N–H and O–H groups in total. The van der Waals surface area contributed by atoms with Gasteiger partial charge in [0, 0.05) is 17.2 Å². The van der Waals surface area contributed by atoms with Crippen LogP contribution in [0.25, 0.3) is 17.3 Å². The average molecular weight is 198 g/mol. The molecule has 15 heavy (non-hydrogen) atoms. The Bertz CT molecular complexity index is 529. The quantitative estimate of drug-likeness (QED) is 0.803. The summed E-state index contributed by atoms with van der Waals surface area (Å²) in [7, 11) is 0. The van der Waals surface area contributed by atoms with E-state index in [4.69, 9.17) is 0 Å². The van der Waals surface area contributed by atoms with Crippen molar-refractivity contribution in [2.24, 2.45) is 0 Å². The zero-order valence-corrected chi connectivity index (χ0v) is 8.10. The molecule has 2 aromatic rings. The maximum atomic E-state index is 11.1. The van der Waals surface area contributed by atoms with E-state index in [0.29, 0.717) is 0 Å². The van der Waals surface area contributed by atoms with Crippen LogP contribution < -0.4 is 5.56 Å². The Kier molecular flexibility index (Phi) is 2.46. The molecule has 3 nitrogen and oxygen atoms in total. The lowest BCUT2D eigenvalue weighted by atomic mass is 10.1. The van der Waals surface area contributed by atoms with Gasteiger partial charge in [-0.3, -0.25) is 4.79 Å². The van der Waals surface area contributed by atoms with Gasteiger partial charge in [0.25, 0.3) is 5.56 Å². The van der Waals surface area contributed by atoms with Crippen LogP contribution in [0, 0.1) is 0 Å². The highest BCUT2D eigenvalue weighted by Gasteiger charge is 2.04. The van der Waals surface area contributed by atoms with Gasteiger partial charge in [-0.25, -0.2) is 5.10 Å². The SMILES string of the molecule is C=Cc1cc(=O)[nH]nc1-c1ccccc1.